The molecule has 0 aliphatic heterocycles. The van der Waals surface area contributed by atoms with E-state index in [4.69, 9.17) is 5.26 Å². The summed E-state index contributed by atoms with van der Waals surface area (Å²) in [4.78, 5) is 0. The van der Waals surface area contributed by atoms with Crippen LogP contribution in [0, 0.1) is 17.1 Å². The molecular formula is C9H6FN. The fraction of sp³-hybridized carbons (Fsp3) is 0. The molecule has 0 amide bonds. The van der Waals surface area contributed by atoms with E-state index in [2.05, 4.69) is 6.58 Å². The molecule has 0 saturated heterocycles. The Morgan fingerprint density at radius 2 is 2.27 bits per heavy atom. The second-order valence-corrected chi connectivity index (χ2v) is 2.06. The van der Waals surface area contributed by atoms with Crippen LogP contribution in [0.25, 0.3) is 6.08 Å². The van der Waals surface area contributed by atoms with Crippen LogP contribution in [0.3, 0.4) is 0 Å². The van der Waals surface area contributed by atoms with Gasteiger partial charge in [0.2, 0.25) is 0 Å². The monoisotopic (exact) mass is 147 g/mol. The first-order chi connectivity index (χ1) is 5.27. The van der Waals surface area contributed by atoms with Gasteiger partial charge in [-0.2, -0.15) is 5.26 Å². The van der Waals surface area contributed by atoms with Crippen molar-refractivity contribution in [2.45, 2.75) is 0 Å². The SMILES string of the molecule is C=Cc1ccc(C#N)c(F)c1. The second kappa shape index (κ2) is 2.98. The van der Waals surface area contributed by atoms with Gasteiger partial charge in [0.25, 0.3) is 0 Å². The van der Waals surface area contributed by atoms with E-state index in [1.165, 1.54) is 18.2 Å². The van der Waals surface area contributed by atoms with Crippen molar-refractivity contribution in [2.24, 2.45) is 0 Å². The first-order valence-corrected chi connectivity index (χ1v) is 3.10. The van der Waals surface area contributed by atoms with Gasteiger partial charge in [-0.15, -0.1) is 0 Å². The van der Waals surface area contributed by atoms with Crippen LogP contribution in [0.15, 0.2) is 24.8 Å². The highest BCUT2D eigenvalue weighted by atomic mass is 19.1. The molecule has 0 atom stereocenters. The quantitative estimate of drug-likeness (QED) is 0.598. The maximum Gasteiger partial charge on any atom is 0.141 e. The molecule has 0 aromatic heterocycles. The van der Waals surface area contributed by atoms with Gasteiger partial charge < -0.3 is 0 Å². The second-order valence-electron chi connectivity index (χ2n) is 2.06. The summed E-state index contributed by atoms with van der Waals surface area (Å²) < 4.78 is 12.8. The maximum atomic E-state index is 12.8. The summed E-state index contributed by atoms with van der Waals surface area (Å²) in [6.45, 7) is 3.48. The number of hydrogen-bond acceptors (Lipinski definition) is 1. The fourth-order valence-electron chi connectivity index (χ4n) is 0.749. The molecule has 0 aliphatic rings. The van der Waals surface area contributed by atoms with Crippen LogP contribution in [0.4, 0.5) is 4.39 Å². The smallest absolute Gasteiger partial charge is 0.141 e. The van der Waals surface area contributed by atoms with Gasteiger partial charge in [0, 0.05) is 0 Å². The van der Waals surface area contributed by atoms with Crippen LogP contribution in [-0.2, 0) is 0 Å². The highest BCUT2D eigenvalue weighted by Crippen LogP contribution is 2.09. The van der Waals surface area contributed by atoms with E-state index in [0.717, 1.165) is 0 Å². The minimum Gasteiger partial charge on any atom is -0.206 e. The van der Waals surface area contributed by atoms with E-state index >= 15 is 0 Å². The Hall–Kier alpha value is -1.62. The number of nitrogens with zero attached hydrogens (tertiary/aromatic N) is 1. The molecule has 2 heteroatoms. The molecule has 54 valence electrons. The van der Waals surface area contributed by atoms with Crippen molar-refractivity contribution in [1.82, 2.24) is 0 Å². The van der Waals surface area contributed by atoms with Crippen LogP contribution in [-0.4, -0.2) is 0 Å². The van der Waals surface area contributed by atoms with Crippen molar-refractivity contribution in [2.75, 3.05) is 0 Å². The fourth-order valence-corrected chi connectivity index (χ4v) is 0.749. The average molecular weight is 147 g/mol. The molecule has 0 aliphatic carbocycles. The Kier molecular flexibility index (Phi) is 2.03. The van der Waals surface area contributed by atoms with Crippen LogP contribution < -0.4 is 0 Å². The maximum absolute atomic E-state index is 12.8. The molecule has 0 fully saturated rings. The standard InChI is InChI=1S/C9H6FN/c1-2-7-3-4-8(6-11)9(10)5-7/h2-5H,1H2. The molecule has 1 nitrogen and oxygen atoms in total. The molecule has 0 heterocycles. The zero-order valence-electron chi connectivity index (χ0n) is 5.84. The lowest BCUT2D eigenvalue weighted by Crippen LogP contribution is -1.83. The van der Waals surface area contributed by atoms with Gasteiger partial charge in [0.05, 0.1) is 5.56 Å². The molecule has 0 N–H and O–H groups in total. The van der Waals surface area contributed by atoms with E-state index in [1.807, 2.05) is 0 Å². The molecule has 0 unspecified atom stereocenters. The Bertz CT molecular complexity index is 323. The highest BCUT2D eigenvalue weighted by molar-refractivity contribution is 5.49. The molecule has 0 radical (unpaired) electrons. The lowest BCUT2D eigenvalue weighted by atomic mass is 10.1. The normalized spacial score (nSPS) is 8.73. The van der Waals surface area contributed by atoms with Gasteiger partial charge in [-0.25, -0.2) is 4.39 Å². The van der Waals surface area contributed by atoms with Crippen molar-refractivity contribution in [3.05, 3.63) is 41.7 Å². The van der Waals surface area contributed by atoms with E-state index < -0.39 is 5.82 Å². The zero-order chi connectivity index (χ0) is 8.27. The van der Waals surface area contributed by atoms with Crippen molar-refractivity contribution >= 4 is 6.08 Å². The van der Waals surface area contributed by atoms with Gasteiger partial charge in [0.1, 0.15) is 11.9 Å². The van der Waals surface area contributed by atoms with E-state index in [-0.39, 0.29) is 5.56 Å². The van der Waals surface area contributed by atoms with Gasteiger partial charge in [-0.1, -0.05) is 18.7 Å². The van der Waals surface area contributed by atoms with Crippen molar-refractivity contribution in [1.29, 1.82) is 5.26 Å². The number of nitriles is 1. The lowest BCUT2D eigenvalue weighted by Gasteiger charge is -1.93. The van der Waals surface area contributed by atoms with Crippen molar-refractivity contribution < 1.29 is 4.39 Å². The predicted molar refractivity (Wildman–Crippen MR) is 41.2 cm³/mol. The summed E-state index contributed by atoms with van der Waals surface area (Å²) in [6.07, 6.45) is 1.53. The Balaban J connectivity index is 3.22. The molecule has 1 rings (SSSR count). The van der Waals surface area contributed by atoms with Crippen LogP contribution in [0.1, 0.15) is 11.1 Å². The minimum absolute atomic E-state index is 0.0654. The number of halogens is 1. The Morgan fingerprint density at radius 3 is 2.73 bits per heavy atom. The first-order valence-electron chi connectivity index (χ1n) is 3.10. The molecule has 1 aromatic rings. The van der Waals surface area contributed by atoms with Crippen molar-refractivity contribution in [3.8, 4) is 6.07 Å². The van der Waals surface area contributed by atoms with E-state index in [1.54, 1.807) is 12.1 Å². The summed E-state index contributed by atoms with van der Waals surface area (Å²) in [7, 11) is 0. The Labute approximate surface area is 64.4 Å². The summed E-state index contributed by atoms with van der Waals surface area (Å²) in [5, 5.41) is 8.37. The first kappa shape index (κ1) is 7.49. The summed E-state index contributed by atoms with van der Waals surface area (Å²) in [5.74, 6) is -0.495. The average Bonchev–Trinajstić information content (AvgIpc) is 2.04. The topological polar surface area (TPSA) is 23.8 Å². The number of hydrogen-bond donors (Lipinski definition) is 0. The van der Waals surface area contributed by atoms with Gasteiger partial charge in [-0.3, -0.25) is 0 Å². The van der Waals surface area contributed by atoms with Gasteiger partial charge in [-0.05, 0) is 17.7 Å². The summed E-state index contributed by atoms with van der Waals surface area (Å²) in [6, 6.07) is 6.10. The minimum atomic E-state index is -0.495. The van der Waals surface area contributed by atoms with E-state index in [0.29, 0.717) is 5.56 Å². The molecule has 1 aromatic carbocycles. The third-order valence-electron chi connectivity index (χ3n) is 1.35. The molecule has 0 saturated carbocycles. The number of rotatable bonds is 1. The van der Waals surface area contributed by atoms with Gasteiger partial charge >= 0.3 is 0 Å². The highest BCUT2D eigenvalue weighted by Gasteiger charge is 1.99. The summed E-state index contributed by atoms with van der Waals surface area (Å²) >= 11 is 0. The third kappa shape index (κ3) is 1.44. The zero-order valence-corrected chi connectivity index (χ0v) is 5.84. The lowest BCUT2D eigenvalue weighted by molar-refractivity contribution is 0.623. The number of benzene rings is 1. The van der Waals surface area contributed by atoms with Crippen LogP contribution in [0.5, 0.6) is 0 Å². The van der Waals surface area contributed by atoms with Crippen molar-refractivity contribution in [3.63, 3.8) is 0 Å². The molecule has 11 heavy (non-hydrogen) atoms. The van der Waals surface area contributed by atoms with E-state index in [9.17, 15) is 4.39 Å². The van der Waals surface area contributed by atoms with Crippen LogP contribution in [0.2, 0.25) is 0 Å². The largest absolute Gasteiger partial charge is 0.206 e. The predicted octanol–water partition coefficient (Wildman–Crippen LogP) is 2.34. The van der Waals surface area contributed by atoms with Gasteiger partial charge in [0.15, 0.2) is 0 Å². The summed E-state index contributed by atoms with van der Waals surface area (Å²) in [5.41, 5.74) is 0.747. The molecule has 0 bridgehead atoms. The third-order valence-corrected chi connectivity index (χ3v) is 1.35. The Morgan fingerprint density at radius 1 is 1.55 bits per heavy atom. The molecule has 0 spiro atoms. The molecular weight excluding hydrogens is 141 g/mol. The van der Waals surface area contributed by atoms with Crippen LogP contribution >= 0.6 is 0 Å².